The number of nitrogens with zero attached hydrogens (tertiary/aromatic N) is 1. The monoisotopic (exact) mass is 209 g/mol. The number of hydrogen-bond acceptors (Lipinski definition) is 3. The van der Waals surface area contributed by atoms with E-state index in [9.17, 15) is 9.90 Å². The van der Waals surface area contributed by atoms with Gasteiger partial charge in [0.05, 0.1) is 12.7 Å². The summed E-state index contributed by atoms with van der Waals surface area (Å²) in [7, 11) is 0. The van der Waals surface area contributed by atoms with Gasteiger partial charge in [-0.05, 0) is 6.42 Å². The van der Waals surface area contributed by atoms with Gasteiger partial charge in [0.1, 0.15) is 0 Å². The maximum absolute atomic E-state index is 10.9. The normalized spacial score (nSPS) is 22.9. The maximum atomic E-state index is 10.9. The molecule has 2 atom stereocenters. The van der Waals surface area contributed by atoms with Gasteiger partial charge >= 0.3 is 0 Å². The SMILES string of the molecule is O=c1ccn(CC(O)C2CCOC2)cc1. The lowest BCUT2D eigenvalue weighted by Gasteiger charge is -2.17. The molecule has 2 rings (SSSR count). The molecule has 0 radical (unpaired) electrons. The zero-order valence-corrected chi connectivity index (χ0v) is 8.50. The molecule has 0 amide bonds. The summed E-state index contributed by atoms with van der Waals surface area (Å²) in [6, 6.07) is 3.00. The molecular weight excluding hydrogens is 194 g/mol. The third-order valence-electron chi connectivity index (χ3n) is 2.77. The Labute approximate surface area is 88.1 Å². The van der Waals surface area contributed by atoms with E-state index in [1.54, 1.807) is 12.4 Å². The molecule has 1 fully saturated rings. The zero-order chi connectivity index (χ0) is 10.7. The van der Waals surface area contributed by atoms with E-state index in [0.717, 1.165) is 13.0 Å². The summed E-state index contributed by atoms with van der Waals surface area (Å²) < 4.78 is 7.04. The van der Waals surface area contributed by atoms with E-state index in [-0.39, 0.29) is 11.3 Å². The topological polar surface area (TPSA) is 51.5 Å². The zero-order valence-electron chi connectivity index (χ0n) is 8.50. The molecule has 1 saturated heterocycles. The summed E-state index contributed by atoms with van der Waals surface area (Å²) in [5, 5.41) is 9.89. The second-order valence-corrected chi connectivity index (χ2v) is 3.92. The highest BCUT2D eigenvalue weighted by Gasteiger charge is 2.23. The summed E-state index contributed by atoms with van der Waals surface area (Å²) >= 11 is 0. The molecule has 0 aromatic carbocycles. The van der Waals surface area contributed by atoms with Gasteiger partial charge in [0.15, 0.2) is 5.43 Å². The Morgan fingerprint density at radius 1 is 1.53 bits per heavy atom. The van der Waals surface area contributed by atoms with E-state index in [2.05, 4.69) is 0 Å². The highest BCUT2D eigenvalue weighted by atomic mass is 16.5. The highest BCUT2D eigenvalue weighted by Crippen LogP contribution is 2.17. The Morgan fingerprint density at radius 2 is 2.27 bits per heavy atom. The van der Waals surface area contributed by atoms with Gasteiger partial charge in [-0.15, -0.1) is 0 Å². The third-order valence-corrected chi connectivity index (χ3v) is 2.77. The van der Waals surface area contributed by atoms with Crippen molar-refractivity contribution < 1.29 is 9.84 Å². The molecule has 4 heteroatoms. The van der Waals surface area contributed by atoms with Gasteiger partial charge in [-0.2, -0.15) is 0 Å². The minimum Gasteiger partial charge on any atom is -0.391 e. The molecule has 1 N–H and O–H groups in total. The molecule has 0 spiro atoms. The fraction of sp³-hybridized carbons (Fsp3) is 0.545. The Kier molecular flexibility index (Phi) is 3.18. The molecule has 2 unspecified atom stereocenters. The highest BCUT2D eigenvalue weighted by molar-refractivity contribution is 4.94. The van der Waals surface area contributed by atoms with Crippen LogP contribution >= 0.6 is 0 Å². The number of rotatable bonds is 3. The third kappa shape index (κ3) is 2.67. The first-order valence-corrected chi connectivity index (χ1v) is 5.17. The average Bonchev–Trinajstić information content (AvgIpc) is 2.74. The molecule has 4 nitrogen and oxygen atoms in total. The minimum atomic E-state index is -0.394. The van der Waals surface area contributed by atoms with Crippen molar-refractivity contribution in [1.82, 2.24) is 4.57 Å². The lowest BCUT2D eigenvalue weighted by Crippen LogP contribution is -2.26. The van der Waals surface area contributed by atoms with Crippen LogP contribution in [-0.2, 0) is 11.3 Å². The lowest BCUT2D eigenvalue weighted by atomic mass is 10.0. The van der Waals surface area contributed by atoms with Crippen LogP contribution in [0.5, 0.6) is 0 Å². The number of pyridine rings is 1. The molecule has 0 bridgehead atoms. The molecule has 1 aromatic rings. The van der Waals surface area contributed by atoms with Crippen LogP contribution in [0.15, 0.2) is 29.3 Å². The fourth-order valence-electron chi connectivity index (χ4n) is 1.79. The molecular formula is C11H15NO3. The Bertz CT molecular complexity index is 348. The van der Waals surface area contributed by atoms with Crippen LogP contribution in [0.3, 0.4) is 0 Å². The molecule has 0 aliphatic carbocycles. The van der Waals surface area contributed by atoms with Crippen LogP contribution in [0.25, 0.3) is 0 Å². The number of aliphatic hydroxyl groups excluding tert-OH is 1. The van der Waals surface area contributed by atoms with Crippen LogP contribution < -0.4 is 5.43 Å². The van der Waals surface area contributed by atoms with Crippen molar-refractivity contribution in [1.29, 1.82) is 0 Å². The first kappa shape index (κ1) is 10.4. The van der Waals surface area contributed by atoms with Crippen LogP contribution in [0.1, 0.15) is 6.42 Å². The Morgan fingerprint density at radius 3 is 2.87 bits per heavy atom. The van der Waals surface area contributed by atoms with Gasteiger partial charge in [-0.3, -0.25) is 4.79 Å². The van der Waals surface area contributed by atoms with Gasteiger partial charge in [0.25, 0.3) is 0 Å². The number of aromatic nitrogens is 1. The molecule has 82 valence electrons. The van der Waals surface area contributed by atoms with Crippen LogP contribution in [0.2, 0.25) is 0 Å². The summed E-state index contributed by atoms with van der Waals surface area (Å²) in [5.74, 6) is 0.226. The molecule has 15 heavy (non-hydrogen) atoms. The van der Waals surface area contributed by atoms with Gasteiger partial charge in [0.2, 0.25) is 0 Å². The van der Waals surface area contributed by atoms with Crippen molar-refractivity contribution in [2.75, 3.05) is 13.2 Å². The van der Waals surface area contributed by atoms with Gasteiger partial charge < -0.3 is 14.4 Å². The van der Waals surface area contributed by atoms with Crippen molar-refractivity contribution >= 4 is 0 Å². The minimum absolute atomic E-state index is 0.00932. The molecule has 1 aliphatic heterocycles. The standard InChI is InChI=1S/C11H15NO3/c13-10-1-4-12(5-2-10)7-11(14)9-3-6-15-8-9/h1-2,4-5,9,11,14H,3,6-8H2. The first-order valence-electron chi connectivity index (χ1n) is 5.17. The quantitative estimate of drug-likeness (QED) is 0.776. The number of aliphatic hydroxyl groups is 1. The Hall–Kier alpha value is -1.13. The predicted octanol–water partition coefficient (Wildman–Crippen LogP) is 0.246. The second kappa shape index (κ2) is 4.59. The van der Waals surface area contributed by atoms with E-state index in [1.807, 2.05) is 4.57 Å². The van der Waals surface area contributed by atoms with E-state index >= 15 is 0 Å². The Balaban J connectivity index is 1.95. The van der Waals surface area contributed by atoms with E-state index in [1.165, 1.54) is 12.1 Å². The van der Waals surface area contributed by atoms with Crippen molar-refractivity contribution in [3.05, 3.63) is 34.7 Å². The van der Waals surface area contributed by atoms with Crippen molar-refractivity contribution in [2.45, 2.75) is 19.1 Å². The maximum Gasteiger partial charge on any atom is 0.181 e. The van der Waals surface area contributed by atoms with Gasteiger partial charge in [-0.1, -0.05) is 0 Å². The molecule has 2 heterocycles. The largest absolute Gasteiger partial charge is 0.391 e. The summed E-state index contributed by atoms with van der Waals surface area (Å²) in [6.45, 7) is 1.90. The van der Waals surface area contributed by atoms with Crippen molar-refractivity contribution in [3.8, 4) is 0 Å². The van der Waals surface area contributed by atoms with Crippen LogP contribution in [0, 0.1) is 5.92 Å². The van der Waals surface area contributed by atoms with E-state index < -0.39 is 6.10 Å². The van der Waals surface area contributed by atoms with Crippen molar-refractivity contribution in [2.24, 2.45) is 5.92 Å². The fourth-order valence-corrected chi connectivity index (χ4v) is 1.79. The number of hydrogen-bond donors (Lipinski definition) is 1. The van der Waals surface area contributed by atoms with Crippen LogP contribution in [-0.4, -0.2) is 29.0 Å². The van der Waals surface area contributed by atoms with E-state index in [4.69, 9.17) is 4.74 Å². The lowest BCUT2D eigenvalue weighted by molar-refractivity contribution is 0.0776. The smallest absolute Gasteiger partial charge is 0.181 e. The molecule has 0 saturated carbocycles. The summed E-state index contributed by atoms with van der Waals surface area (Å²) in [4.78, 5) is 10.9. The molecule has 1 aromatic heterocycles. The average molecular weight is 209 g/mol. The summed E-state index contributed by atoms with van der Waals surface area (Å²) in [5.41, 5.74) is -0.00932. The first-order chi connectivity index (χ1) is 7.25. The predicted molar refractivity (Wildman–Crippen MR) is 55.6 cm³/mol. The van der Waals surface area contributed by atoms with Crippen LogP contribution in [0.4, 0.5) is 0 Å². The van der Waals surface area contributed by atoms with Gasteiger partial charge in [0, 0.05) is 43.6 Å². The van der Waals surface area contributed by atoms with Crippen molar-refractivity contribution in [3.63, 3.8) is 0 Å². The van der Waals surface area contributed by atoms with Gasteiger partial charge in [-0.25, -0.2) is 0 Å². The van der Waals surface area contributed by atoms with E-state index in [0.29, 0.717) is 13.2 Å². The number of ether oxygens (including phenoxy) is 1. The second-order valence-electron chi connectivity index (χ2n) is 3.92. The summed E-state index contributed by atoms with van der Waals surface area (Å²) in [6.07, 6.45) is 3.92. The molecule has 1 aliphatic rings.